The molecule has 2 nitrogen and oxygen atoms in total. The van der Waals surface area contributed by atoms with Crippen LogP contribution >= 0.6 is 11.6 Å². The van der Waals surface area contributed by atoms with Gasteiger partial charge in [0.25, 0.3) is 0 Å². The first-order valence-electron chi connectivity index (χ1n) is 3.81. The van der Waals surface area contributed by atoms with Crippen LogP contribution in [0.4, 0.5) is 0 Å². The molecule has 0 heterocycles. The maximum absolute atomic E-state index is 9.22. The summed E-state index contributed by atoms with van der Waals surface area (Å²) in [5, 5.41) is 9.82. The zero-order chi connectivity index (χ0) is 9.14. The van der Waals surface area contributed by atoms with Crippen LogP contribution < -0.4 is 5.73 Å². The van der Waals surface area contributed by atoms with Crippen LogP contribution in [-0.2, 0) is 0 Å². The number of halogens is 1. The lowest BCUT2D eigenvalue weighted by Crippen LogP contribution is -2.23. The fraction of sp³-hybridized carbons (Fsp3) is 0.333. The Morgan fingerprint density at radius 2 is 2.00 bits per heavy atom. The number of benzene rings is 1. The van der Waals surface area contributed by atoms with Gasteiger partial charge in [-0.1, -0.05) is 29.8 Å². The van der Waals surface area contributed by atoms with E-state index in [1.165, 1.54) is 0 Å². The van der Waals surface area contributed by atoms with Crippen molar-refractivity contribution in [3.05, 3.63) is 34.9 Å². The molecule has 0 aliphatic rings. The molecular weight excluding hydrogens is 174 g/mol. The van der Waals surface area contributed by atoms with Crippen LogP contribution in [0.15, 0.2) is 24.3 Å². The molecule has 1 rings (SSSR count). The van der Waals surface area contributed by atoms with Gasteiger partial charge in [0.05, 0.1) is 12.1 Å². The van der Waals surface area contributed by atoms with Crippen molar-refractivity contribution in [1.82, 2.24) is 0 Å². The van der Waals surface area contributed by atoms with Gasteiger partial charge in [0, 0.05) is 5.02 Å². The highest BCUT2D eigenvalue weighted by molar-refractivity contribution is 6.31. The predicted molar refractivity (Wildman–Crippen MR) is 50.1 cm³/mol. The van der Waals surface area contributed by atoms with Crippen molar-refractivity contribution in [2.45, 2.75) is 19.1 Å². The monoisotopic (exact) mass is 185 g/mol. The average molecular weight is 186 g/mol. The Kier molecular flexibility index (Phi) is 3.09. The first kappa shape index (κ1) is 9.52. The molecule has 2 atom stereocenters. The Morgan fingerprint density at radius 1 is 1.42 bits per heavy atom. The first-order chi connectivity index (χ1) is 5.63. The molecule has 0 aliphatic heterocycles. The van der Waals surface area contributed by atoms with Gasteiger partial charge in [0.2, 0.25) is 0 Å². The molecule has 0 radical (unpaired) electrons. The van der Waals surface area contributed by atoms with Crippen molar-refractivity contribution in [3.8, 4) is 0 Å². The lowest BCUT2D eigenvalue weighted by Gasteiger charge is -2.15. The molecule has 0 saturated heterocycles. The summed E-state index contributed by atoms with van der Waals surface area (Å²) in [4.78, 5) is 0. The van der Waals surface area contributed by atoms with E-state index in [9.17, 15) is 5.11 Å². The Morgan fingerprint density at radius 3 is 2.50 bits per heavy atom. The van der Waals surface area contributed by atoms with Crippen LogP contribution in [-0.4, -0.2) is 11.2 Å². The zero-order valence-electron chi connectivity index (χ0n) is 6.87. The molecular formula is C9H12ClNO. The van der Waals surface area contributed by atoms with Gasteiger partial charge in [-0.2, -0.15) is 0 Å². The Hall–Kier alpha value is -0.570. The third-order valence-corrected chi connectivity index (χ3v) is 2.13. The van der Waals surface area contributed by atoms with E-state index in [0.29, 0.717) is 5.02 Å². The molecule has 0 aromatic heterocycles. The molecule has 0 bridgehead atoms. The summed E-state index contributed by atoms with van der Waals surface area (Å²) in [6.45, 7) is 1.65. The number of rotatable bonds is 2. The highest BCUT2D eigenvalue weighted by Crippen LogP contribution is 2.22. The van der Waals surface area contributed by atoms with Crippen LogP contribution in [0.3, 0.4) is 0 Å². The maximum Gasteiger partial charge on any atom is 0.0705 e. The molecule has 0 amide bonds. The van der Waals surface area contributed by atoms with E-state index in [4.69, 9.17) is 17.3 Å². The summed E-state index contributed by atoms with van der Waals surface area (Å²) in [5.41, 5.74) is 6.49. The van der Waals surface area contributed by atoms with Crippen LogP contribution in [0.2, 0.25) is 5.02 Å². The van der Waals surface area contributed by atoms with Crippen LogP contribution in [0, 0.1) is 0 Å². The van der Waals surface area contributed by atoms with E-state index in [2.05, 4.69) is 0 Å². The van der Waals surface area contributed by atoms with Crippen molar-refractivity contribution in [3.63, 3.8) is 0 Å². The minimum Gasteiger partial charge on any atom is -0.391 e. The van der Waals surface area contributed by atoms with E-state index < -0.39 is 12.1 Å². The van der Waals surface area contributed by atoms with Crippen molar-refractivity contribution >= 4 is 11.6 Å². The number of aliphatic hydroxyl groups is 1. The van der Waals surface area contributed by atoms with Gasteiger partial charge in [-0.15, -0.1) is 0 Å². The topological polar surface area (TPSA) is 46.2 Å². The zero-order valence-corrected chi connectivity index (χ0v) is 7.62. The highest BCUT2D eigenvalue weighted by atomic mass is 35.5. The van der Waals surface area contributed by atoms with Crippen molar-refractivity contribution in [2.24, 2.45) is 5.73 Å². The van der Waals surface area contributed by atoms with Gasteiger partial charge in [-0.25, -0.2) is 0 Å². The standard InChI is InChI=1S/C9H12ClNO/c1-6(12)9(11)7-4-2-3-5-8(7)10/h2-6,9,12H,11H2,1H3/t6-,9-/m1/s1. The normalized spacial score (nSPS) is 15.7. The molecule has 1 aromatic rings. The number of aliphatic hydroxyl groups excluding tert-OH is 1. The molecule has 0 saturated carbocycles. The number of hydrogen-bond acceptors (Lipinski definition) is 2. The summed E-state index contributed by atoms with van der Waals surface area (Å²) in [5.74, 6) is 0. The highest BCUT2D eigenvalue weighted by Gasteiger charge is 2.13. The fourth-order valence-electron chi connectivity index (χ4n) is 1.01. The van der Waals surface area contributed by atoms with Crippen LogP contribution in [0.5, 0.6) is 0 Å². The van der Waals surface area contributed by atoms with Gasteiger partial charge in [-0.3, -0.25) is 0 Å². The SMILES string of the molecule is C[C@@H](O)[C@@H](N)c1ccccc1Cl. The molecule has 3 heteroatoms. The number of nitrogens with two attached hydrogens (primary N) is 1. The summed E-state index contributed by atoms with van der Waals surface area (Å²) in [6, 6.07) is 6.86. The summed E-state index contributed by atoms with van der Waals surface area (Å²) >= 11 is 5.87. The van der Waals surface area contributed by atoms with E-state index in [1.807, 2.05) is 18.2 Å². The molecule has 0 spiro atoms. The second kappa shape index (κ2) is 3.90. The summed E-state index contributed by atoms with van der Waals surface area (Å²) in [7, 11) is 0. The average Bonchev–Trinajstić information content (AvgIpc) is 2.04. The van der Waals surface area contributed by atoms with E-state index in [-0.39, 0.29) is 0 Å². The molecule has 66 valence electrons. The minimum absolute atomic E-state index is 0.404. The van der Waals surface area contributed by atoms with Crippen molar-refractivity contribution in [2.75, 3.05) is 0 Å². The van der Waals surface area contributed by atoms with Crippen LogP contribution in [0.25, 0.3) is 0 Å². The lowest BCUT2D eigenvalue weighted by molar-refractivity contribution is 0.164. The molecule has 0 aliphatic carbocycles. The Balaban J connectivity index is 2.94. The van der Waals surface area contributed by atoms with Gasteiger partial charge in [0.1, 0.15) is 0 Å². The quantitative estimate of drug-likeness (QED) is 0.737. The minimum atomic E-state index is -0.579. The summed E-state index contributed by atoms with van der Waals surface area (Å²) in [6.07, 6.45) is -0.579. The lowest BCUT2D eigenvalue weighted by atomic mass is 10.0. The van der Waals surface area contributed by atoms with Crippen LogP contribution in [0.1, 0.15) is 18.5 Å². The molecule has 0 unspecified atom stereocenters. The first-order valence-corrected chi connectivity index (χ1v) is 4.19. The van der Waals surface area contributed by atoms with Gasteiger partial charge < -0.3 is 10.8 Å². The van der Waals surface area contributed by atoms with Crippen molar-refractivity contribution in [1.29, 1.82) is 0 Å². The second-order valence-corrected chi connectivity index (χ2v) is 3.20. The van der Waals surface area contributed by atoms with Gasteiger partial charge >= 0.3 is 0 Å². The fourth-order valence-corrected chi connectivity index (χ4v) is 1.27. The van der Waals surface area contributed by atoms with Gasteiger partial charge in [-0.05, 0) is 18.6 Å². The molecule has 12 heavy (non-hydrogen) atoms. The third kappa shape index (κ3) is 1.97. The maximum atomic E-state index is 9.22. The molecule has 0 fully saturated rings. The van der Waals surface area contributed by atoms with Gasteiger partial charge in [0.15, 0.2) is 0 Å². The molecule has 3 N–H and O–H groups in total. The smallest absolute Gasteiger partial charge is 0.0705 e. The third-order valence-electron chi connectivity index (χ3n) is 1.78. The largest absolute Gasteiger partial charge is 0.391 e. The van der Waals surface area contributed by atoms with E-state index in [0.717, 1.165) is 5.56 Å². The molecule has 1 aromatic carbocycles. The summed E-state index contributed by atoms with van der Waals surface area (Å²) < 4.78 is 0. The number of hydrogen-bond donors (Lipinski definition) is 2. The van der Waals surface area contributed by atoms with Crippen molar-refractivity contribution < 1.29 is 5.11 Å². The van der Waals surface area contributed by atoms with E-state index >= 15 is 0 Å². The Bertz CT molecular complexity index is 262. The Labute approximate surface area is 77.0 Å². The van der Waals surface area contributed by atoms with E-state index in [1.54, 1.807) is 13.0 Å². The second-order valence-electron chi connectivity index (χ2n) is 2.79. The predicted octanol–water partition coefficient (Wildman–Crippen LogP) is 1.72.